The van der Waals surface area contributed by atoms with E-state index >= 15 is 0 Å². The molecule has 1 aliphatic carbocycles. The Labute approximate surface area is 143 Å². The molecule has 4 nitrogen and oxygen atoms in total. The van der Waals surface area contributed by atoms with E-state index in [9.17, 15) is 0 Å². The van der Waals surface area contributed by atoms with E-state index in [1.807, 2.05) is 6.20 Å². The predicted molar refractivity (Wildman–Crippen MR) is 96.0 cm³/mol. The summed E-state index contributed by atoms with van der Waals surface area (Å²) in [6, 6.07) is 6.31. The molecule has 0 radical (unpaired) electrons. The van der Waals surface area contributed by atoms with Crippen LogP contribution in [0.25, 0.3) is 10.9 Å². The Balaban J connectivity index is 1.56. The molecule has 1 aromatic carbocycles. The number of benzene rings is 1. The quantitative estimate of drug-likeness (QED) is 0.836. The molecule has 1 saturated heterocycles. The maximum Gasteiger partial charge on any atom is 0.163 e. The second kappa shape index (κ2) is 6.60. The third-order valence-electron chi connectivity index (χ3n) is 5.39. The predicted octanol–water partition coefficient (Wildman–Crippen LogP) is 3.84. The second-order valence-corrected chi connectivity index (χ2v) is 7.25. The fourth-order valence-electron chi connectivity index (χ4n) is 3.63. The minimum atomic E-state index is 0.632. The smallest absolute Gasteiger partial charge is 0.163 e. The first-order chi connectivity index (χ1) is 11.7. The Morgan fingerprint density at radius 2 is 1.92 bits per heavy atom. The number of methoxy groups -OCH3 is 1. The summed E-state index contributed by atoms with van der Waals surface area (Å²) in [5, 5.41) is 1.21. The zero-order valence-corrected chi connectivity index (χ0v) is 14.6. The summed E-state index contributed by atoms with van der Waals surface area (Å²) in [6.45, 7) is 3.09. The number of nitrogens with zero attached hydrogens (tertiary/aromatic N) is 2. The maximum atomic E-state index is 6.14. The molecule has 2 fully saturated rings. The van der Waals surface area contributed by atoms with Gasteiger partial charge < -0.3 is 14.4 Å². The number of hydrogen-bond acceptors (Lipinski definition) is 4. The van der Waals surface area contributed by atoms with Gasteiger partial charge in [-0.25, -0.2) is 0 Å². The Morgan fingerprint density at radius 3 is 2.62 bits per heavy atom. The molecule has 1 aromatic heterocycles. The van der Waals surface area contributed by atoms with Crippen LogP contribution in [-0.2, 0) is 0 Å². The monoisotopic (exact) mass is 326 g/mol. The van der Waals surface area contributed by atoms with E-state index in [0.29, 0.717) is 11.8 Å². The van der Waals surface area contributed by atoms with Crippen molar-refractivity contribution in [1.82, 2.24) is 9.88 Å². The fourth-order valence-corrected chi connectivity index (χ4v) is 3.63. The normalized spacial score (nSPS) is 19.6. The number of likely N-dealkylation sites (tertiary alicyclic amines) is 1. The van der Waals surface area contributed by atoms with Gasteiger partial charge in [0, 0.05) is 17.6 Å². The van der Waals surface area contributed by atoms with Gasteiger partial charge in [0.15, 0.2) is 11.5 Å². The number of ether oxygens (including phenoxy) is 2. The lowest BCUT2D eigenvalue weighted by Gasteiger charge is -2.28. The number of aromatic nitrogens is 1. The summed E-state index contributed by atoms with van der Waals surface area (Å²) in [4.78, 5) is 6.94. The highest BCUT2D eigenvalue weighted by molar-refractivity contribution is 5.86. The maximum absolute atomic E-state index is 6.14. The molecule has 2 heterocycles. The first kappa shape index (κ1) is 15.7. The van der Waals surface area contributed by atoms with Crippen molar-refractivity contribution in [2.24, 2.45) is 5.92 Å². The topological polar surface area (TPSA) is 34.6 Å². The Kier molecular flexibility index (Phi) is 4.31. The van der Waals surface area contributed by atoms with Crippen LogP contribution in [0.2, 0.25) is 0 Å². The lowest BCUT2D eigenvalue weighted by atomic mass is 9.98. The zero-order valence-electron chi connectivity index (χ0n) is 14.6. The third-order valence-corrected chi connectivity index (χ3v) is 5.39. The summed E-state index contributed by atoms with van der Waals surface area (Å²) in [6.07, 6.45) is 6.90. The highest BCUT2D eigenvalue weighted by Gasteiger charge is 2.26. The van der Waals surface area contributed by atoms with Crippen molar-refractivity contribution in [3.05, 3.63) is 30.0 Å². The van der Waals surface area contributed by atoms with Gasteiger partial charge in [-0.3, -0.25) is 4.98 Å². The molecule has 4 rings (SSSR count). The van der Waals surface area contributed by atoms with Crippen molar-refractivity contribution in [1.29, 1.82) is 0 Å². The van der Waals surface area contributed by atoms with Gasteiger partial charge in [-0.05, 0) is 75.4 Å². The van der Waals surface area contributed by atoms with Gasteiger partial charge in [0.25, 0.3) is 0 Å². The molecule has 4 heteroatoms. The fraction of sp³-hybridized carbons (Fsp3) is 0.550. The number of fused-ring (bicyclic) bond motifs is 1. The molecular formula is C20H26N2O2. The largest absolute Gasteiger partial charge is 0.493 e. The Morgan fingerprint density at radius 1 is 1.12 bits per heavy atom. The van der Waals surface area contributed by atoms with E-state index in [2.05, 4.69) is 35.1 Å². The minimum Gasteiger partial charge on any atom is -0.493 e. The molecule has 0 N–H and O–H groups in total. The van der Waals surface area contributed by atoms with Gasteiger partial charge in [-0.15, -0.1) is 0 Å². The average Bonchev–Trinajstić information content (AvgIpc) is 3.45. The Hall–Kier alpha value is -1.81. The molecule has 2 aliphatic rings. The minimum absolute atomic E-state index is 0.632. The van der Waals surface area contributed by atoms with Gasteiger partial charge in [0.1, 0.15) is 0 Å². The van der Waals surface area contributed by atoms with E-state index in [1.54, 1.807) is 7.11 Å². The van der Waals surface area contributed by atoms with Crippen LogP contribution in [0.3, 0.4) is 0 Å². The summed E-state index contributed by atoms with van der Waals surface area (Å²) in [5.41, 5.74) is 2.42. The van der Waals surface area contributed by atoms with Gasteiger partial charge in [0.2, 0.25) is 0 Å². The number of piperidine rings is 1. The highest BCUT2D eigenvalue weighted by atomic mass is 16.5. The number of pyridine rings is 1. The van der Waals surface area contributed by atoms with E-state index in [0.717, 1.165) is 36.7 Å². The number of rotatable bonds is 5. The van der Waals surface area contributed by atoms with Crippen molar-refractivity contribution in [3.8, 4) is 11.5 Å². The zero-order chi connectivity index (χ0) is 16.5. The SMILES string of the molecule is COc1cc2c(C3CC3)ccnc2cc1OCC1CCN(C)CC1. The molecule has 0 bridgehead atoms. The molecule has 0 unspecified atom stereocenters. The van der Waals surface area contributed by atoms with Crippen LogP contribution in [0, 0.1) is 5.92 Å². The summed E-state index contributed by atoms with van der Waals surface area (Å²) < 4.78 is 11.7. The van der Waals surface area contributed by atoms with Crippen molar-refractivity contribution in [2.75, 3.05) is 33.9 Å². The first-order valence-electron chi connectivity index (χ1n) is 9.02. The van der Waals surface area contributed by atoms with E-state index in [-0.39, 0.29) is 0 Å². The highest BCUT2D eigenvalue weighted by Crippen LogP contribution is 2.44. The van der Waals surface area contributed by atoms with Crippen LogP contribution < -0.4 is 9.47 Å². The lowest BCUT2D eigenvalue weighted by Crippen LogP contribution is -2.32. The molecule has 1 saturated carbocycles. The van der Waals surface area contributed by atoms with Crippen LogP contribution >= 0.6 is 0 Å². The van der Waals surface area contributed by atoms with Crippen molar-refractivity contribution in [2.45, 2.75) is 31.6 Å². The van der Waals surface area contributed by atoms with Crippen LogP contribution in [0.4, 0.5) is 0 Å². The standard InChI is InChI=1S/C20H26N2O2/c1-22-9-6-14(7-10-22)13-24-20-12-18-17(11-19(20)23-2)16(5-8-21-18)15-3-4-15/h5,8,11-12,14-15H,3-4,6-7,9-10,13H2,1-2H3. The molecule has 128 valence electrons. The molecular weight excluding hydrogens is 300 g/mol. The van der Waals surface area contributed by atoms with E-state index < -0.39 is 0 Å². The molecule has 0 amide bonds. The van der Waals surface area contributed by atoms with E-state index in [1.165, 1.54) is 36.6 Å². The molecule has 0 atom stereocenters. The van der Waals surface area contributed by atoms with Gasteiger partial charge in [-0.1, -0.05) is 0 Å². The number of hydrogen-bond donors (Lipinski definition) is 0. The Bertz CT molecular complexity index is 719. The summed E-state index contributed by atoms with van der Waals surface area (Å²) >= 11 is 0. The van der Waals surface area contributed by atoms with Gasteiger partial charge in [0.05, 0.1) is 19.2 Å². The van der Waals surface area contributed by atoms with Crippen LogP contribution in [0.5, 0.6) is 11.5 Å². The summed E-state index contributed by atoms with van der Waals surface area (Å²) in [5.74, 6) is 2.98. The molecule has 2 aromatic rings. The van der Waals surface area contributed by atoms with Crippen LogP contribution in [-0.4, -0.2) is 43.7 Å². The van der Waals surface area contributed by atoms with Crippen LogP contribution in [0.15, 0.2) is 24.4 Å². The average molecular weight is 326 g/mol. The van der Waals surface area contributed by atoms with Crippen LogP contribution in [0.1, 0.15) is 37.2 Å². The van der Waals surface area contributed by atoms with Crippen molar-refractivity contribution >= 4 is 10.9 Å². The van der Waals surface area contributed by atoms with Gasteiger partial charge in [-0.2, -0.15) is 0 Å². The molecule has 1 aliphatic heterocycles. The molecule has 0 spiro atoms. The first-order valence-corrected chi connectivity index (χ1v) is 9.02. The van der Waals surface area contributed by atoms with Crippen molar-refractivity contribution < 1.29 is 9.47 Å². The second-order valence-electron chi connectivity index (χ2n) is 7.25. The lowest BCUT2D eigenvalue weighted by molar-refractivity contribution is 0.157. The third kappa shape index (κ3) is 3.20. The van der Waals surface area contributed by atoms with Gasteiger partial charge >= 0.3 is 0 Å². The van der Waals surface area contributed by atoms with Crippen molar-refractivity contribution in [3.63, 3.8) is 0 Å². The molecule has 24 heavy (non-hydrogen) atoms. The summed E-state index contributed by atoms with van der Waals surface area (Å²) in [7, 11) is 3.91. The van der Waals surface area contributed by atoms with E-state index in [4.69, 9.17) is 9.47 Å².